The summed E-state index contributed by atoms with van der Waals surface area (Å²) in [6.07, 6.45) is 0.782. The van der Waals surface area contributed by atoms with E-state index in [2.05, 4.69) is 5.32 Å². The van der Waals surface area contributed by atoms with E-state index in [-0.39, 0.29) is 11.8 Å². The lowest BCUT2D eigenvalue weighted by molar-refractivity contribution is 0.204. The van der Waals surface area contributed by atoms with Gasteiger partial charge in [-0.25, -0.2) is 4.39 Å². The van der Waals surface area contributed by atoms with Crippen molar-refractivity contribution < 1.29 is 9.50 Å². The van der Waals surface area contributed by atoms with E-state index >= 15 is 0 Å². The highest BCUT2D eigenvalue weighted by Crippen LogP contribution is 2.13. The molecule has 0 aliphatic heterocycles. The molecule has 0 amide bonds. The molecule has 0 aliphatic rings. The first-order chi connectivity index (χ1) is 7.37. The van der Waals surface area contributed by atoms with Crippen molar-refractivity contribution >= 4 is 0 Å². The number of benzene rings is 1. The molecule has 16 heavy (non-hydrogen) atoms. The lowest BCUT2D eigenvalue weighted by atomic mass is 10.1. The molecule has 3 heteroatoms. The van der Waals surface area contributed by atoms with Crippen molar-refractivity contribution in [2.24, 2.45) is 0 Å². The quantitative estimate of drug-likeness (QED) is 0.807. The number of hydrogen-bond donors (Lipinski definition) is 2. The largest absolute Gasteiger partial charge is 0.508 e. The van der Waals surface area contributed by atoms with Crippen LogP contribution in [0.25, 0.3) is 0 Å². The fourth-order valence-corrected chi connectivity index (χ4v) is 1.53. The third-order valence-corrected chi connectivity index (χ3v) is 2.32. The zero-order chi connectivity index (χ0) is 12.2. The van der Waals surface area contributed by atoms with Crippen LogP contribution in [0.2, 0.25) is 0 Å². The molecule has 1 rings (SSSR count). The third kappa shape index (κ3) is 5.12. The Hall–Kier alpha value is -1.09. The molecule has 0 bridgehead atoms. The van der Waals surface area contributed by atoms with E-state index in [4.69, 9.17) is 0 Å². The van der Waals surface area contributed by atoms with Crippen molar-refractivity contribution in [1.82, 2.24) is 5.32 Å². The number of halogens is 1. The summed E-state index contributed by atoms with van der Waals surface area (Å²) in [6.45, 7) is 5.46. The maximum Gasteiger partial charge on any atom is 0.117 e. The first-order valence-corrected chi connectivity index (χ1v) is 5.57. The Morgan fingerprint density at radius 2 is 2.12 bits per heavy atom. The molecule has 1 atom stereocenters. The van der Waals surface area contributed by atoms with Crippen LogP contribution in [0.3, 0.4) is 0 Å². The Labute approximate surface area is 96.5 Å². The summed E-state index contributed by atoms with van der Waals surface area (Å²) in [7, 11) is 0. The van der Waals surface area contributed by atoms with E-state index in [1.165, 1.54) is 0 Å². The minimum atomic E-state index is -1.19. The van der Waals surface area contributed by atoms with E-state index < -0.39 is 5.67 Å². The summed E-state index contributed by atoms with van der Waals surface area (Å²) in [4.78, 5) is 0. The van der Waals surface area contributed by atoms with Crippen molar-refractivity contribution in [2.75, 3.05) is 6.54 Å². The summed E-state index contributed by atoms with van der Waals surface area (Å²) in [5.74, 6) is 0.274. The van der Waals surface area contributed by atoms with Crippen LogP contribution in [0.15, 0.2) is 24.3 Å². The predicted octanol–water partition coefficient (Wildman–Crippen LogP) is 2.66. The zero-order valence-electron chi connectivity index (χ0n) is 10.1. The summed E-state index contributed by atoms with van der Waals surface area (Å²) in [5.41, 5.74) is -0.135. The van der Waals surface area contributed by atoms with Gasteiger partial charge < -0.3 is 10.4 Å². The van der Waals surface area contributed by atoms with Crippen molar-refractivity contribution in [3.8, 4) is 5.75 Å². The molecular formula is C13H20FNO. The first-order valence-electron chi connectivity index (χ1n) is 5.57. The van der Waals surface area contributed by atoms with Gasteiger partial charge in [-0.15, -0.1) is 0 Å². The average Bonchev–Trinajstić information content (AvgIpc) is 2.14. The Morgan fingerprint density at radius 3 is 2.69 bits per heavy atom. The molecule has 0 radical (unpaired) electrons. The predicted molar refractivity (Wildman–Crippen MR) is 64.5 cm³/mol. The molecule has 0 fully saturated rings. The van der Waals surface area contributed by atoms with Gasteiger partial charge in [0.05, 0.1) is 0 Å². The van der Waals surface area contributed by atoms with Crippen LogP contribution < -0.4 is 5.32 Å². The van der Waals surface area contributed by atoms with Gasteiger partial charge in [-0.1, -0.05) is 12.1 Å². The highest BCUT2D eigenvalue weighted by Gasteiger charge is 2.16. The molecule has 0 aliphatic carbocycles. The van der Waals surface area contributed by atoms with E-state index in [1.54, 1.807) is 26.0 Å². The topological polar surface area (TPSA) is 32.3 Å². The number of phenols is 1. The minimum Gasteiger partial charge on any atom is -0.508 e. The third-order valence-electron chi connectivity index (χ3n) is 2.32. The Balaban J connectivity index is 2.43. The van der Waals surface area contributed by atoms with Crippen molar-refractivity contribution in [2.45, 2.75) is 38.9 Å². The van der Waals surface area contributed by atoms with E-state index in [1.807, 2.05) is 19.1 Å². The zero-order valence-corrected chi connectivity index (χ0v) is 10.1. The van der Waals surface area contributed by atoms with Gasteiger partial charge >= 0.3 is 0 Å². The lowest BCUT2D eigenvalue weighted by Crippen LogP contribution is -2.37. The van der Waals surface area contributed by atoms with Crippen LogP contribution in [-0.4, -0.2) is 23.4 Å². The van der Waals surface area contributed by atoms with Gasteiger partial charge in [0.25, 0.3) is 0 Å². The van der Waals surface area contributed by atoms with E-state index in [9.17, 15) is 9.50 Å². The first kappa shape index (κ1) is 13.0. The Kier molecular flexibility index (Phi) is 4.30. The number of hydrogen-bond acceptors (Lipinski definition) is 2. The number of rotatable bonds is 5. The van der Waals surface area contributed by atoms with Gasteiger partial charge in [0.2, 0.25) is 0 Å². The number of nitrogens with one attached hydrogen (secondary N) is 1. The smallest absolute Gasteiger partial charge is 0.117 e. The summed E-state index contributed by atoms with van der Waals surface area (Å²) in [5, 5.41) is 12.4. The fourth-order valence-electron chi connectivity index (χ4n) is 1.53. The second-order valence-corrected chi connectivity index (χ2v) is 4.87. The minimum absolute atomic E-state index is 0.192. The van der Waals surface area contributed by atoms with Crippen LogP contribution in [0.1, 0.15) is 26.3 Å². The molecule has 0 saturated heterocycles. The SMILES string of the molecule is C[C@H](Cc1cccc(O)c1)NCC(C)(C)F. The standard InChI is InChI=1S/C13H20FNO/c1-10(15-9-13(2,3)14)7-11-5-4-6-12(16)8-11/h4-6,8,10,15-16H,7,9H2,1-3H3/t10-/m1/s1. The summed E-state index contributed by atoms with van der Waals surface area (Å²) in [6, 6.07) is 7.34. The van der Waals surface area contributed by atoms with Gasteiger partial charge in [0.1, 0.15) is 11.4 Å². The van der Waals surface area contributed by atoms with Crippen molar-refractivity contribution in [3.05, 3.63) is 29.8 Å². The monoisotopic (exact) mass is 225 g/mol. The number of alkyl halides is 1. The molecular weight excluding hydrogens is 205 g/mol. The highest BCUT2D eigenvalue weighted by atomic mass is 19.1. The molecule has 0 unspecified atom stereocenters. The molecule has 1 aromatic rings. The fraction of sp³-hybridized carbons (Fsp3) is 0.538. The van der Waals surface area contributed by atoms with Crippen LogP contribution in [0.4, 0.5) is 4.39 Å². The highest BCUT2D eigenvalue weighted by molar-refractivity contribution is 5.27. The lowest BCUT2D eigenvalue weighted by Gasteiger charge is -2.19. The van der Waals surface area contributed by atoms with Crippen molar-refractivity contribution in [1.29, 1.82) is 0 Å². The van der Waals surface area contributed by atoms with Gasteiger partial charge in [0, 0.05) is 12.6 Å². The van der Waals surface area contributed by atoms with E-state index in [0.717, 1.165) is 12.0 Å². The second kappa shape index (κ2) is 5.30. The molecule has 2 nitrogen and oxygen atoms in total. The second-order valence-electron chi connectivity index (χ2n) is 4.87. The number of aromatic hydroxyl groups is 1. The normalized spacial score (nSPS) is 13.8. The molecule has 0 heterocycles. The molecule has 1 aromatic carbocycles. The maximum absolute atomic E-state index is 13.2. The van der Waals surface area contributed by atoms with Gasteiger partial charge in [-0.3, -0.25) is 0 Å². The van der Waals surface area contributed by atoms with Crippen LogP contribution in [0.5, 0.6) is 5.75 Å². The summed E-state index contributed by atoms with van der Waals surface area (Å²) < 4.78 is 13.2. The van der Waals surface area contributed by atoms with Crippen LogP contribution >= 0.6 is 0 Å². The molecule has 0 saturated carbocycles. The van der Waals surface area contributed by atoms with Gasteiger partial charge in [0.15, 0.2) is 0 Å². The van der Waals surface area contributed by atoms with Gasteiger partial charge in [-0.05, 0) is 44.9 Å². The van der Waals surface area contributed by atoms with Crippen LogP contribution in [0, 0.1) is 0 Å². The Morgan fingerprint density at radius 1 is 1.44 bits per heavy atom. The van der Waals surface area contributed by atoms with Crippen LogP contribution in [-0.2, 0) is 6.42 Å². The van der Waals surface area contributed by atoms with Gasteiger partial charge in [-0.2, -0.15) is 0 Å². The number of phenolic OH excluding ortho intramolecular Hbond substituents is 1. The van der Waals surface area contributed by atoms with E-state index in [0.29, 0.717) is 6.54 Å². The van der Waals surface area contributed by atoms with Crippen molar-refractivity contribution in [3.63, 3.8) is 0 Å². The average molecular weight is 225 g/mol. The summed E-state index contributed by atoms with van der Waals surface area (Å²) >= 11 is 0. The maximum atomic E-state index is 13.2. The molecule has 2 N–H and O–H groups in total. The Bertz CT molecular complexity index is 333. The molecule has 90 valence electrons. The molecule has 0 aromatic heterocycles. The molecule has 0 spiro atoms.